The number of nitrogens with zero attached hydrogens (tertiary/aromatic N) is 1. The summed E-state index contributed by atoms with van der Waals surface area (Å²) in [5.41, 5.74) is -2.98. The number of alkyl carbamates (subject to hydrolysis) is 1. The zero-order valence-electron chi connectivity index (χ0n) is 21.2. The first kappa shape index (κ1) is 28.9. The number of benzene rings is 1. The summed E-state index contributed by atoms with van der Waals surface area (Å²) in [5, 5.41) is 2.57. The highest BCUT2D eigenvalue weighted by Crippen LogP contribution is 2.39. The van der Waals surface area contributed by atoms with Gasteiger partial charge in [-0.3, -0.25) is 4.79 Å². The minimum atomic E-state index is -4.65. The number of carbonyl (C=O) groups excluding carboxylic acids is 2. The number of alkyl halides is 3. The lowest BCUT2D eigenvalue weighted by atomic mass is 9.85. The summed E-state index contributed by atoms with van der Waals surface area (Å²) in [4.78, 5) is 26.4. The number of sulfone groups is 1. The molecule has 0 bridgehead atoms. The van der Waals surface area contributed by atoms with E-state index in [9.17, 15) is 31.2 Å². The number of halogens is 3. The van der Waals surface area contributed by atoms with E-state index in [0.29, 0.717) is 18.9 Å². The summed E-state index contributed by atoms with van der Waals surface area (Å²) < 4.78 is 69.9. The highest BCUT2D eigenvalue weighted by atomic mass is 32.2. The molecule has 1 heterocycles. The Morgan fingerprint density at radius 1 is 1.00 bits per heavy atom. The number of hydrogen-bond donors (Lipinski definition) is 1. The Hall–Kier alpha value is -2.30. The van der Waals surface area contributed by atoms with Crippen LogP contribution in [0.25, 0.3) is 0 Å². The van der Waals surface area contributed by atoms with Crippen LogP contribution in [0.1, 0.15) is 66.9 Å². The molecule has 0 atom stereocenters. The number of nitrogens with one attached hydrogen (secondary N) is 1. The predicted octanol–water partition coefficient (Wildman–Crippen LogP) is 4.80. The Morgan fingerprint density at radius 3 is 2.03 bits per heavy atom. The lowest BCUT2D eigenvalue weighted by Gasteiger charge is -2.42. The molecule has 1 aromatic rings. The van der Waals surface area contributed by atoms with Crippen LogP contribution < -0.4 is 5.32 Å². The summed E-state index contributed by atoms with van der Waals surface area (Å²) in [6.07, 6.45) is -4.68. The van der Waals surface area contributed by atoms with Gasteiger partial charge in [0.05, 0.1) is 15.2 Å². The number of amides is 2. The van der Waals surface area contributed by atoms with Crippen molar-refractivity contribution in [3.05, 3.63) is 29.8 Å². The molecular formula is C24H35F3N2O5S. The van der Waals surface area contributed by atoms with E-state index in [0.717, 1.165) is 12.1 Å². The van der Waals surface area contributed by atoms with E-state index in [1.807, 2.05) is 0 Å². The third kappa shape index (κ3) is 6.68. The summed E-state index contributed by atoms with van der Waals surface area (Å²) >= 11 is 0. The van der Waals surface area contributed by atoms with Crippen molar-refractivity contribution in [1.29, 1.82) is 0 Å². The van der Waals surface area contributed by atoms with Gasteiger partial charge in [0.1, 0.15) is 11.1 Å². The molecular weight excluding hydrogens is 485 g/mol. The maximum atomic E-state index is 13.3. The van der Waals surface area contributed by atoms with Gasteiger partial charge in [-0.2, -0.15) is 13.2 Å². The fourth-order valence-corrected chi connectivity index (χ4v) is 5.97. The first-order valence-corrected chi connectivity index (χ1v) is 12.9. The van der Waals surface area contributed by atoms with Gasteiger partial charge in [-0.1, -0.05) is 6.07 Å². The van der Waals surface area contributed by atoms with Gasteiger partial charge in [0.25, 0.3) is 0 Å². The highest BCUT2D eigenvalue weighted by Gasteiger charge is 2.46. The van der Waals surface area contributed by atoms with Gasteiger partial charge in [-0.25, -0.2) is 13.2 Å². The molecule has 198 valence electrons. The number of piperidine rings is 1. The molecule has 1 aromatic carbocycles. The molecule has 1 aliphatic rings. The van der Waals surface area contributed by atoms with Gasteiger partial charge in [-0.15, -0.1) is 0 Å². The summed E-state index contributed by atoms with van der Waals surface area (Å²) in [7, 11) is -4.10. The molecule has 2 rings (SSSR count). The SMILES string of the molecule is CC(C)(C)OC(=O)NC(C)(C)C(=O)N1CCC(C(C)(C)S(=O)(=O)c2cccc(C(F)(F)F)c2)CC1. The van der Waals surface area contributed by atoms with Crippen molar-refractivity contribution < 1.29 is 35.9 Å². The number of rotatable bonds is 5. The van der Waals surface area contributed by atoms with E-state index in [2.05, 4.69) is 5.32 Å². The fourth-order valence-electron chi connectivity index (χ4n) is 4.15. The molecule has 0 saturated carbocycles. The molecule has 0 radical (unpaired) electrons. The van der Waals surface area contributed by atoms with Crippen LogP contribution >= 0.6 is 0 Å². The monoisotopic (exact) mass is 520 g/mol. The Balaban J connectivity index is 2.12. The number of ether oxygens (including phenoxy) is 1. The predicted molar refractivity (Wildman–Crippen MR) is 125 cm³/mol. The largest absolute Gasteiger partial charge is 0.444 e. The molecule has 7 nitrogen and oxygen atoms in total. The highest BCUT2D eigenvalue weighted by molar-refractivity contribution is 7.92. The van der Waals surface area contributed by atoms with Crippen LogP contribution in [0.3, 0.4) is 0 Å². The van der Waals surface area contributed by atoms with Gasteiger partial charge in [0.2, 0.25) is 5.91 Å². The normalized spacial score (nSPS) is 16.7. The average Bonchev–Trinajstić information content (AvgIpc) is 2.70. The molecule has 0 spiro atoms. The third-order valence-electron chi connectivity index (χ3n) is 6.28. The molecule has 35 heavy (non-hydrogen) atoms. The van der Waals surface area contributed by atoms with Crippen molar-refractivity contribution in [2.75, 3.05) is 13.1 Å². The van der Waals surface area contributed by atoms with Crippen LogP contribution in [0.5, 0.6) is 0 Å². The summed E-state index contributed by atoms with van der Waals surface area (Å²) in [6.45, 7) is 11.8. The Kier molecular flexibility index (Phi) is 7.96. The lowest BCUT2D eigenvalue weighted by molar-refractivity contribution is -0.139. The summed E-state index contributed by atoms with van der Waals surface area (Å²) in [5.74, 6) is -0.714. The number of carbonyl (C=O) groups is 2. The Bertz CT molecular complexity index is 1050. The van der Waals surface area contributed by atoms with Crippen LogP contribution in [-0.2, 0) is 25.5 Å². The number of hydrogen-bond acceptors (Lipinski definition) is 5. The number of likely N-dealkylation sites (tertiary alicyclic amines) is 1. The van der Waals surface area contributed by atoms with Crippen molar-refractivity contribution in [2.24, 2.45) is 5.92 Å². The minimum Gasteiger partial charge on any atom is -0.444 e. The van der Waals surface area contributed by atoms with Crippen LogP contribution in [0.2, 0.25) is 0 Å². The van der Waals surface area contributed by atoms with E-state index in [-0.39, 0.29) is 29.8 Å². The maximum Gasteiger partial charge on any atom is 0.416 e. The van der Waals surface area contributed by atoms with Crippen molar-refractivity contribution >= 4 is 21.8 Å². The molecule has 0 aromatic heterocycles. The second-order valence-electron chi connectivity index (χ2n) is 11.0. The molecule has 1 saturated heterocycles. The van der Waals surface area contributed by atoms with E-state index in [1.54, 1.807) is 39.5 Å². The van der Waals surface area contributed by atoms with Gasteiger partial charge >= 0.3 is 12.3 Å². The van der Waals surface area contributed by atoms with Crippen LogP contribution in [0, 0.1) is 5.92 Å². The molecule has 11 heteroatoms. The molecule has 2 amide bonds. The first-order chi connectivity index (χ1) is 15.7. The second-order valence-corrected chi connectivity index (χ2v) is 13.5. The van der Waals surface area contributed by atoms with Gasteiger partial charge < -0.3 is 15.0 Å². The topological polar surface area (TPSA) is 92.8 Å². The molecule has 0 unspecified atom stereocenters. The third-order valence-corrected chi connectivity index (χ3v) is 8.87. The van der Waals surface area contributed by atoms with Crippen molar-refractivity contribution in [3.8, 4) is 0 Å². The quantitative estimate of drug-likeness (QED) is 0.602. The summed E-state index contributed by atoms with van der Waals surface area (Å²) in [6, 6.07) is 3.77. The standard InChI is InChI=1S/C24H35F3N2O5S/c1-21(2,3)34-20(31)28-22(4,5)19(30)29-13-11-16(12-14-29)23(6,7)35(32,33)18-10-8-9-17(15-18)24(25,26)27/h8-10,15-16H,11-14H2,1-7H3,(H,28,31). The second kappa shape index (κ2) is 9.63. The van der Waals surface area contributed by atoms with E-state index >= 15 is 0 Å². The lowest BCUT2D eigenvalue weighted by Crippen LogP contribution is -2.58. The van der Waals surface area contributed by atoms with Crippen LogP contribution in [-0.4, -0.2) is 54.3 Å². The first-order valence-electron chi connectivity index (χ1n) is 11.4. The maximum absolute atomic E-state index is 13.3. The van der Waals surface area contributed by atoms with Crippen LogP contribution in [0.4, 0.5) is 18.0 Å². The fraction of sp³-hybridized carbons (Fsp3) is 0.667. The zero-order valence-corrected chi connectivity index (χ0v) is 22.1. The molecule has 1 aliphatic heterocycles. The molecule has 1 N–H and O–H groups in total. The minimum absolute atomic E-state index is 0.254. The van der Waals surface area contributed by atoms with Crippen molar-refractivity contribution in [1.82, 2.24) is 10.2 Å². The Labute approximate surface area is 205 Å². The molecule has 0 aliphatic carbocycles. The van der Waals surface area contributed by atoms with Crippen molar-refractivity contribution in [2.45, 2.75) is 88.3 Å². The van der Waals surface area contributed by atoms with Crippen LogP contribution in [0.15, 0.2) is 29.2 Å². The van der Waals surface area contributed by atoms with Gasteiger partial charge in [0.15, 0.2) is 9.84 Å². The van der Waals surface area contributed by atoms with E-state index in [1.165, 1.54) is 19.9 Å². The van der Waals surface area contributed by atoms with Gasteiger partial charge in [0, 0.05) is 13.1 Å². The molecule has 1 fully saturated rings. The van der Waals surface area contributed by atoms with E-state index < -0.39 is 43.6 Å². The van der Waals surface area contributed by atoms with E-state index in [4.69, 9.17) is 4.74 Å². The average molecular weight is 521 g/mol. The Morgan fingerprint density at radius 2 is 1.54 bits per heavy atom. The smallest absolute Gasteiger partial charge is 0.416 e. The van der Waals surface area contributed by atoms with Gasteiger partial charge in [-0.05, 0) is 85.4 Å². The van der Waals surface area contributed by atoms with Crippen molar-refractivity contribution in [3.63, 3.8) is 0 Å². The zero-order chi connectivity index (χ0) is 27.0.